The van der Waals surface area contributed by atoms with E-state index in [-0.39, 0.29) is 17.4 Å². The van der Waals surface area contributed by atoms with Gasteiger partial charge in [-0.05, 0) is 35.9 Å². The number of carbonyl (C=O) groups excluding carboxylic acids is 1. The summed E-state index contributed by atoms with van der Waals surface area (Å²) >= 11 is 0. The number of methoxy groups -OCH3 is 1. The van der Waals surface area contributed by atoms with Crippen LogP contribution in [0.1, 0.15) is 33.2 Å². The molecule has 3 aromatic rings. The van der Waals surface area contributed by atoms with Crippen molar-refractivity contribution in [3.05, 3.63) is 89.2 Å². The fourth-order valence-electron chi connectivity index (χ4n) is 3.82. The Balaban J connectivity index is 1.76. The quantitative estimate of drug-likeness (QED) is 0.635. The molecular weight excluding hydrogens is 381 g/mol. The lowest BCUT2D eigenvalue weighted by molar-refractivity contribution is -0.138. The fraction of sp³-hybridized carbons (Fsp3) is 0.227. The van der Waals surface area contributed by atoms with Crippen LogP contribution in [-0.4, -0.2) is 29.0 Å². The minimum Gasteiger partial charge on any atom is -0.496 e. The summed E-state index contributed by atoms with van der Waals surface area (Å²) in [6.45, 7) is 0.979. The summed E-state index contributed by atoms with van der Waals surface area (Å²) in [5.41, 5.74) is 0.868. The summed E-state index contributed by atoms with van der Waals surface area (Å²) in [5, 5.41) is 0. The van der Waals surface area contributed by atoms with Crippen molar-refractivity contribution in [2.45, 2.75) is 18.8 Å². The third-order valence-electron chi connectivity index (χ3n) is 5.17. The maximum absolute atomic E-state index is 13.4. The van der Waals surface area contributed by atoms with E-state index in [1.807, 2.05) is 48.7 Å². The first kappa shape index (κ1) is 19.1. The van der Waals surface area contributed by atoms with E-state index in [0.717, 1.165) is 17.3 Å². The van der Waals surface area contributed by atoms with Crippen LogP contribution in [0.4, 0.5) is 13.2 Å². The van der Waals surface area contributed by atoms with Crippen molar-refractivity contribution >= 4 is 5.91 Å². The highest BCUT2D eigenvalue weighted by atomic mass is 19.4. The van der Waals surface area contributed by atoms with E-state index in [2.05, 4.69) is 4.57 Å². The van der Waals surface area contributed by atoms with Gasteiger partial charge >= 0.3 is 6.18 Å². The average Bonchev–Trinajstić information content (AvgIpc) is 3.21. The molecule has 0 aliphatic carbocycles. The first-order valence-electron chi connectivity index (χ1n) is 9.16. The number of aromatic nitrogens is 1. The van der Waals surface area contributed by atoms with Gasteiger partial charge in [-0.25, -0.2) is 0 Å². The first-order valence-corrected chi connectivity index (χ1v) is 9.16. The molecule has 4 nitrogen and oxygen atoms in total. The largest absolute Gasteiger partial charge is 0.496 e. The molecule has 0 saturated heterocycles. The molecule has 1 aliphatic heterocycles. The van der Waals surface area contributed by atoms with Crippen LogP contribution in [0.15, 0.2) is 66.9 Å². The van der Waals surface area contributed by atoms with Gasteiger partial charge in [0.1, 0.15) is 5.75 Å². The molecule has 1 amide bonds. The van der Waals surface area contributed by atoms with Gasteiger partial charge in [-0.3, -0.25) is 4.79 Å². The Hall–Kier alpha value is -3.22. The molecule has 29 heavy (non-hydrogen) atoms. The average molecular weight is 400 g/mol. The summed E-state index contributed by atoms with van der Waals surface area (Å²) < 4.78 is 47.1. The smallest absolute Gasteiger partial charge is 0.419 e. The molecule has 2 heterocycles. The standard InChI is InChI=1S/C22H19F3N2O2/c1-29-19-10-9-16(14-17(19)22(23,24)25)21(28)27-13-12-26-11-5-8-18(26)20(27)15-6-3-2-4-7-15/h2-11,14,20H,12-13H2,1H3/t20-/m1/s1. The highest BCUT2D eigenvalue weighted by Crippen LogP contribution is 2.38. The Morgan fingerprint density at radius 3 is 2.48 bits per heavy atom. The van der Waals surface area contributed by atoms with Crippen molar-refractivity contribution in [1.29, 1.82) is 0 Å². The number of benzene rings is 2. The number of carbonyl (C=O) groups is 1. The molecule has 0 fully saturated rings. The molecule has 0 saturated carbocycles. The SMILES string of the molecule is COc1ccc(C(=O)N2CCn3cccc3[C@H]2c2ccccc2)cc1C(F)(F)F. The maximum atomic E-state index is 13.4. The molecule has 0 bridgehead atoms. The number of rotatable bonds is 3. The minimum absolute atomic E-state index is 0.0148. The van der Waals surface area contributed by atoms with Gasteiger partial charge in [0.05, 0.1) is 18.7 Å². The van der Waals surface area contributed by atoms with Crippen LogP contribution >= 0.6 is 0 Å². The molecule has 1 aliphatic rings. The molecule has 0 spiro atoms. The normalized spacial score (nSPS) is 16.4. The number of halogens is 3. The maximum Gasteiger partial charge on any atom is 0.419 e. The Morgan fingerprint density at radius 2 is 1.79 bits per heavy atom. The Labute approximate surface area is 166 Å². The summed E-state index contributed by atoms with van der Waals surface area (Å²) in [6, 6.07) is 16.4. The monoisotopic (exact) mass is 400 g/mol. The van der Waals surface area contributed by atoms with E-state index in [4.69, 9.17) is 4.74 Å². The summed E-state index contributed by atoms with van der Waals surface area (Å²) in [4.78, 5) is 14.9. The molecule has 0 N–H and O–H groups in total. The Bertz CT molecular complexity index is 1030. The minimum atomic E-state index is -4.61. The molecule has 1 aromatic heterocycles. The number of ether oxygens (including phenoxy) is 1. The van der Waals surface area contributed by atoms with E-state index in [0.29, 0.717) is 13.1 Å². The molecular formula is C22H19F3N2O2. The highest BCUT2D eigenvalue weighted by molar-refractivity contribution is 5.95. The highest BCUT2D eigenvalue weighted by Gasteiger charge is 2.37. The molecule has 4 rings (SSSR count). The second-order valence-electron chi connectivity index (χ2n) is 6.85. The van der Waals surface area contributed by atoms with Gasteiger partial charge in [0.25, 0.3) is 5.91 Å². The molecule has 2 aromatic carbocycles. The van der Waals surface area contributed by atoms with E-state index < -0.39 is 17.6 Å². The zero-order chi connectivity index (χ0) is 20.6. The van der Waals surface area contributed by atoms with Crippen LogP contribution in [0.25, 0.3) is 0 Å². The number of hydrogen-bond donors (Lipinski definition) is 0. The van der Waals surface area contributed by atoms with Gasteiger partial charge in [0.15, 0.2) is 0 Å². The van der Waals surface area contributed by atoms with Gasteiger partial charge in [-0.1, -0.05) is 30.3 Å². The lowest BCUT2D eigenvalue weighted by atomic mass is 9.98. The van der Waals surface area contributed by atoms with Gasteiger partial charge < -0.3 is 14.2 Å². The topological polar surface area (TPSA) is 34.5 Å². The molecule has 0 radical (unpaired) electrons. The number of alkyl halides is 3. The van der Waals surface area contributed by atoms with E-state index in [1.54, 1.807) is 4.90 Å². The van der Waals surface area contributed by atoms with Gasteiger partial charge in [-0.15, -0.1) is 0 Å². The van der Waals surface area contributed by atoms with Crippen molar-refractivity contribution < 1.29 is 22.7 Å². The molecule has 7 heteroatoms. The summed E-state index contributed by atoms with van der Waals surface area (Å²) in [5.74, 6) is -0.749. The Morgan fingerprint density at radius 1 is 1.03 bits per heavy atom. The lowest BCUT2D eigenvalue weighted by Crippen LogP contribution is -2.42. The lowest BCUT2D eigenvalue weighted by Gasteiger charge is -2.37. The molecule has 1 atom stereocenters. The van der Waals surface area contributed by atoms with Crippen LogP contribution in [0.2, 0.25) is 0 Å². The second kappa shape index (κ2) is 7.31. The van der Waals surface area contributed by atoms with Crippen molar-refractivity contribution in [3.63, 3.8) is 0 Å². The number of amides is 1. The molecule has 0 unspecified atom stereocenters. The predicted octanol–water partition coefficient (Wildman–Crippen LogP) is 4.76. The Kier molecular flexibility index (Phi) is 4.82. The summed E-state index contributed by atoms with van der Waals surface area (Å²) in [7, 11) is 1.18. The van der Waals surface area contributed by atoms with Crippen molar-refractivity contribution in [2.75, 3.05) is 13.7 Å². The molecule has 150 valence electrons. The van der Waals surface area contributed by atoms with Gasteiger partial charge in [0.2, 0.25) is 0 Å². The predicted molar refractivity (Wildman–Crippen MR) is 102 cm³/mol. The number of nitrogens with zero attached hydrogens (tertiary/aromatic N) is 2. The zero-order valence-corrected chi connectivity index (χ0v) is 15.7. The first-order chi connectivity index (χ1) is 13.9. The third kappa shape index (κ3) is 3.48. The van der Waals surface area contributed by atoms with Crippen molar-refractivity contribution in [3.8, 4) is 5.75 Å². The number of fused-ring (bicyclic) bond motifs is 1. The van der Waals surface area contributed by atoms with E-state index >= 15 is 0 Å². The van der Waals surface area contributed by atoms with Crippen molar-refractivity contribution in [2.24, 2.45) is 0 Å². The van der Waals surface area contributed by atoms with Gasteiger partial charge in [0, 0.05) is 30.5 Å². The summed E-state index contributed by atoms with van der Waals surface area (Å²) in [6.07, 6.45) is -2.67. The van der Waals surface area contributed by atoms with E-state index in [9.17, 15) is 18.0 Å². The fourth-order valence-corrected chi connectivity index (χ4v) is 3.82. The van der Waals surface area contributed by atoms with Crippen LogP contribution < -0.4 is 4.74 Å². The van der Waals surface area contributed by atoms with Crippen LogP contribution in [-0.2, 0) is 12.7 Å². The second-order valence-corrected chi connectivity index (χ2v) is 6.85. The van der Waals surface area contributed by atoms with Gasteiger partial charge in [-0.2, -0.15) is 13.2 Å². The van der Waals surface area contributed by atoms with E-state index in [1.165, 1.54) is 19.2 Å². The third-order valence-corrected chi connectivity index (χ3v) is 5.17. The van der Waals surface area contributed by atoms with Crippen LogP contribution in [0.3, 0.4) is 0 Å². The zero-order valence-electron chi connectivity index (χ0n) is 15.7. The van der Waals surface area contributed by atoms with Crippen LogP contribution in [0.5, 0.6) is 5.75 Å². The number of hydrogen-bond acceptors (Lipinski definition) is 2. The van der Waals surface area contributed by atoms with Crippen LogP contribution in [0, 0.1) is 0 Å². The van der Waals surface area contributed by atoms with Crippen molar-refractivity contribution in [1.82, 2.24) is 9.47 Å².